The summed E-state index contributed by atoms with van der Waals surface area (Å²) in [6.07, 6.45) is 0. The van der Waals surface area contributed by atoms with Gasteiger partial charge >= 0.3 is 5.97 Å². The van der Waals surface area contributed by atoms with Gasteiger partial charge in [0.25, 0.3) is 11.8 Å². The Morgan fingerprint density at radius 3 is 2.00 bits per heavy atom. The quantitative estimate of drug-likeness (QED) is 0.507. The molecule has 2 heterocycles. The Hall–Kier alpha value is -4.59. The van der Waals surface area contributed by atoms with Crippen LogP contribution in [-0.4, -0.2) is 33.1 Å². The molecule has 3 aromatic carbocycles. The molecule has 0 radical (unpaired) electrons. The number of anilines is 1. The second kappa shape index (κ2) is 7.03. The number of aromatic nitrogens is 2. The smallest absolute Gasteiger partial charge is 0.335 e. The summed E-state index contributed by atoms with van der Waals surface area (Å²) in [5, 5.41) is 17.1. The van der Waals surface area contributed by atoms with Crippen molar-refractivity contribution < 1.29 is 23.9 Å². The zero-order valence-electron chi connectivity index (χ0n) is 15.9. The lowest BCUT2D eigenvalue weighted by atomic mass is 10.1. The number of carboxylic acids is 1. The Bertz CT molecular complexity index is 1320. The third-order valence-corrected chi connectivity index (χ3v) is 4.95. The Labute approximate surface area is 175 Å². The average molecular weight is 411 g/mol. The SMILES string of the molecule is O=C(O)c1cccc(-c2nnc(-c3ccc(N4C(=O)c5ccccc5C4=O)cc3)o2)c1. The number of rotatable bonds is 4. The molecule has 0 fully saturated rings. The van der Waals surface area contributed by atoms with Gasteiger partial charge in [-0.05, 0) is 54.6 Å². The maximum Gasteiger partial charge on any atom is 0.335 e. The minimum atomic E-state index is -1.05. The van der Waals surface area contributed by atoms with Crippen molar-refractivity contribution in [3.63, 3.8) is 0 Å². The van der Waals surface area contributed by atoms with Crippen molar-refractivity contribution in [2.45, 2.75) is 0 Å². The van der Waals surface area contributed by atoms with Gasteiger partial charge in [0.15, 0.2) is 0 Å². The average Bonchev–Trinajstić information content (AvgIpc) is 3.38. The molecule has 8 heteroatoms. The van der Waals surface area contributed by atoms with Gasteiger partial charge in [0.2, 0.25) is 11.8 Å². The van der Waals surface area contributed by atoms with Crippen LogP contribution in [0.4, 0.5) is 5.69 Å². The minimum absolute atomic E-state index is 0.113. The molecule has 0 atom stereocenters. The number of fused-ring (bicyclic) bond motifs is 1. The van der Waals surface area contributed by atoms with Crippen molar-refractivity contribution in [3.05, 3.63) is 89.5 Å². The molecule has 8 nitrogen and oxygen atoms in total. The monoisotopic (exact) mass is 411 g/mol. The largest absolute Gasteiger partial charge is 0.478 e. The fourth-order valence-electron chi connectivity index (χ4n) is 3.42. The molecule has 1 aromatic heterocycles. The summed E-state index contributed by atoms with van der Waals surface area (Å²) < 4.78 is 5.69. The summed E-state index contributed by atoms with van der Waals surface area (Å²) >= 11 is 0. The highest BCUT2D eigenvalue weighted by atomic mass is 16.4. The van der Waals surface area contributed by atoms with Crippen LogP contribution in [0.3, 0.4) is 0 Å². The van der Waals surface area contributed by atoms with Gasteiger partial charge < -0.3 is 9.52 Å². The molecule has 0 bridgehead atoms. The molecule has 1 aliphatic rings. The van der Waals surface area contributed by atoms with Crippen molar-refractivity contribution in [1.82, 2.24) is 10.2 Å². The lowest BCUT2D eigenvalue weighted by Gasteiger charge is -2.13. The first kappa shape index (κ1) is 18.4. The van der Waals surface area contributed by atoms with Crippen LogP contribution < -0.4 is 4.90 Å². The van der Waals surface area contributed by atoms with E-state index in [1.54, 1.807) is 60.7 Å². The zero-order chi connectivity index (χ0) is 21.5. The van der Waals surface area contributed by atoms with E-state index < -0.39 is 5.97 Å². The van der Waals surface area contributed by atoms with E-state index >= 15 is 0 Å². The van der Waals surface area contributed by atoms with Gasteiger partial charge in [-0.25, -0.2) is 9.69 Å². The molecule has 0 saturated heterocycles. The van der Waals surface area contributed by atoms with Crippen LogP contribution in [0.5, 0.6) is 0 Å². The van der Waals surface area contributed by atoms with Gasteiger partial charge in [-0.2, -0.15) is 0 Å². The second-order valence-corrected chi connectivity index (χ2v) is 6.84. The number of carbonyl (C=O) groups excluding carboxylic acids is 2. The van der Waals surface area contributed by atoms with Gasteiger partial charge in [-0.3, -0.25) is 9.59 Å². The Balaban J connectivity index is 1.42. The van der Waals surface area contributed by atoms with Crippen LogP contribution in [0.2, 0.25) is 0 Å². The Morgan fingerprint density at radius 2 is 1.39 bits per heavy atom. The summed E-state index contributed by atoms with van der Waals surface area (Å²) in [6, 6.07) is 19.5. The van der Waals surface area contributed by atoms with E-state index in [2.05, 4.69) is 10.2 Å². The highest BCUT2D eigenvalue weighted by Gasteiger charge is 2.36. The van der Waals surface area contributed by atoms with Crippen molar-refractivity contribution in [2.24, 2.45) is 0 Å². The normalized spacial score (nSPS) is 12.8. The van der Waals surface area contributed by atoms with E-state index in [9.17, 15) is 14.4 Å². The summed E-state index contributed by atoms with van der Waals surface area (Å²) in [4.78, 5) is 37.5. The van der Waals surface area contributed by atoms with E-state index in [4.69, 9.17) is 9.52 Å². The maximum absolute atomic E-state index is 12.6. The van der Waals surface area contributed by atoms with Gasteiger partial charge in [0, 0.05) is 11.1 Å². The van der Waals surface area contributed by atoms with E-state index in [1.807, 2.05) is 0 Å². The lowest BCUT2D eigenvalue weighted by Crippen LogP contribution is -2.29. The molecule has 5 rings (SSSR count). The zero-order valence-corrected chi connectivity index (χ0v) is 15.9. The van der Waals surface area contributed by atoms with E-state index in [-0.39, 0.29) is 29.2 Å². The summed E-state index contributed by atoms with van der Waals surface area (Å²) in [6.45, 7) is 0. The molecular formula is C23H13N3O5. The van der Waals surface area contributed by atoms with Crippen molar-refractivity contribution in [1.29, 1.82) is 0 Å². The standard InChI is InChI=1S/C23H13N3O5/c27-21-17-6-1-2-7-18(17)22(28)26(21)16-10-8-13(9-11-16)19-24-25-20(31-19)14-4-3-5-15(12-14)23(29)30/h1-12H,(H,29,30). The first-order chi connectivity index (χ1) is 15.0. The molecule has 0 unspecified atom stereocenters. The number of hydrogen-bond donors (Lipinski definition) is 1. The number of hydrogen-bond acceptors (Lipinski definition) is 6. The predicted octanol–water partition coefficient (Wildman–Crippen LogP) is 3.90. The van der Waals surface area contributed by atoms with Crippen molar-refractivity contribution in [3.8, 4) is 22.9 Å². The van der Waals surface area contributed by atoms with Crippen LogP contribution in [0.25, 0.3) is 22.9 Å². The predicted molar refractivity (Wildman–Crippen MR) is 110 cm³/mol. The maximum atomic E-state index is 12.6. The Kier molecular flexibility index (Phi) is 4.18. The van der Waals surface area contributed by atoms with Crippen LogP contribution in [-0.2, 0) is 0 Å². The number of imide groups is 1. The Morgan fingerprint density at radius 1 is 0.774 bits per heavy atom. The number of aromatic carboxylic acids is 1. The first-order valence-corrected chi connectivity index (χ1v) is 9.28. The lowest BCUT2D eigenvalue weighted by molar-refractivity contribution is 0.0696. The van der Waals surface area contributed by atoms with Crippen LogP contribution >= 0.6 is 0 Å². The fraction of sp³-hybridized carbons (Fsp3) is 0. The topological polar surface area (TPSA) is 114 Å². The molecule has 2 amide bonds. The van der Waals surface area contributed by atoms with Gasteiger partial charge in [0.05, 0.1) is 22.4 Å². The second-order valence-electron chi connectivity index (χ2n) is 6.84. The molecule has 1 aliphatic heterocycles. The number of amides is 2. The van der Waals surface area contributed by atoms with Crippen LogP contribution in [0.1, 0.15) is 31.1 Å². The first-order valence-electron chi connectivity index (χ1n) is 9.28. The summed E-state index contributed by atoms with van der Waals surface area (Å²) in [5.74, 6) is -1.38. The molecule has 150 valence electrons. The molecule has 0 spiro atoms. The highest BCUT2D eigenvalue weighted by molar-refractivity contribution is 6.34. The van der Waals surface area contributed by atoms with Crippen LogP contribution in [0.15, 0.2) is 77.2 Å². The van der Waals surface area contributed by atoms with E-state index in [1.165, 1.54) is 12.1 Å². The van der Waals surface area contributed by atoms with Gasteiger partial charge in [-0.1, -0.05) is 18.2 Å². The number of carbonyl (C=O) groups is 3. The van der Waals surface area contributed by atoms with Crippen molar-refractivity contribution in [2.75, 3.05) is 4.90 Å². The number of nitrogens with zero attached hydrogens (tertiary/aromatic N) is 3. The van der Waals surface area contributed by atoms with Crippen LogP contribution in [0, 0.1) is 0 Å². The number of benzene rings is 3. The molecule has 1 N–H and O–H groups in total. The molecular weight excluding hydrogens is 398 g/mol. The van der Waals surface area contributed by atoms with E-state index in [0.29, 0.717) is 27.9 Å². The van der Waals surface area contributed by atoms with Crippen molar-refractivity contribution >= 4 is 23.5 Å². The molecule has 0 aliphatic carbocycles. The number of carboxylic acid groups (broad SMARTS) is 1. The third-order valence-electron chi connectivity index (χ3n) is 4.95. The summed E-state index contributed by atoms with van der Waals surface area (Å²) in [5.41, 5.74) is 2.38. The molecule has 4 aromatic rings. The highest BCUT2D eigenvalue weighted by Crippen LogP contribution is 2.30. The minimum Gasteiger partial charge on any atom is -0.478 e. The summed E-state index contributed by atoms with van der Waals surface area (Å²) in [7, 11) is 0. The third kappa shape index (κ3) is 3.06. The molecule has 0 saturated carbocycles. The molecule has 31 heavy (non-hydrogen) atoms. The van der Waals surface area contributed by atoms with E-state index in [0.717, 1.165) is 4.90 Å². The van der Waals surface area contributed by atoms with Gasteiger partial charge in [-0.15, -0.1) is 10.2 Å². The fourth-order valence-corrected chi connectivity index (χ4v) is 3.42. The van der Waals surface area contributed by atoms with Gasteiger partial charge in [0.1, 0.15) is 0 Å².